The molecule has 1 amide bonds. The van der Waals surface area contributed by atoms with E-state index in [2.05, 4.69) is 27.7 Å². The van der Waals surface area contributed by atoms with Gasteiger partial charge in [0.1, 0.15) is 0 Å². The first-order chi connectivity index (χ1) is 7.60. The van der Waals surface area contributed by atoms with Crippen molar-refractivity contribution in [3.63, 3.8) is 0 Å². The number of nitrogens with zero attached hydrogens (tertiary/aromatic N) is 1. The van der Waals surface area contributed by atoms with Crippen LogP contribution in [0.3, 0.4) is 0 Å². The molecule has 0 fully saturated rings. The number of rotatable bonds is 5. The van der Waals surface area contributed by atoms with E-state index in [1.807, 2.05) is 32.6 Å². The van der Waals surface area contributed by atoms with Crippen molar-refractivity contribution in [1.29, 1.82) is 0 Å². The zero-order valence-electron chi connectivity index (χ0n) is 12.7. The molecule has 0 radical (unpaired) electrons. The fourth-order valence-corrected chi connectivity index (χ4v) is 1.70. The van der Waals surface area contributed by atoms with Crippen molar-refractivity contribution in [3.05, 3.63) is 0 Å². The topological polar surface area (TPSA) is 29.5 Å². The van der Waals surface area contributed by atoms with Gasteiger partial charge in [0, 0.05) is 11.6 Å². The van der Waals surface area contributed by atoms with Crippen LogP contribution in [-0.2, 0) is 4.74 Å². The Balaban J connectivity index is 4.80. The van der Waals surface area contributed by atoms with Gasteiger partial charge in [-0.2, -0.15) is 0 Å². The lowest BCUT2D eigenvalue weighted by Gasteiger charge is -2.43. The van der Waals surface area contributed by atoms with E-state index in [9.17, 15) is 4.79 Å². The highest BCUT2D eigenvalue weighted by Gasteiger charge is 2.36. The number of hydrogen-bond acceptors (Lipinski definition) is 2. The van der Waals surface area contributed by atoms with E-state index in [1.165, 1.54) is 0 Å². The van der Waals surface area contributed by atoms with Gasteiger partial charge in [0.25, 0.3) is 0 Å². The molecule has 0 aliphatic rings. The molecule has 102 valence electrons. The minimum atomic E-state index is -0.201. The van der Waals surface area contributed by atoms with Crippen molar-refractivity contribution in [3.8, 4) is 0 Å². The molecule has 0 atom stereocenters. The predicted octanol–water partition coefficient (Wildman–Crippen LogP) is 3.92. The quantitative estimate of drug-likeness (QED) is 0.732. The Hall–Kier alpha value is -0.730. The van der Waals surface area contributed by atoms with Gasteiger partial charge in [-0.15, -0.1) is 0 Å². The first-order valence-corrected chi connectivity index (χ1v) is 6.56. The van der Waals surface area contributed by atoms with E-state index in [1.54, 1.807) is 0 Å². The molecule has 0 aliphatic heterocycles. The fraction of sp³-hybridized carbons (Fsp3) is 0.929. The standard InChI is InChI=1S/C14H29NO2/c1-10(2)9-17-13(16)15(12(5)6)14(7,8)11(3)4/h10-12H,9H2,1-8H3. The van der Waals surface area contributed by atoms with Gasteiger partial charge in [-0.25, -0.2) is 4.79 Å². The highest BCUT2D eigenvalue weighted by atomic mass is 16.6. The second-order valence-corrected chi connectivity index (χ2v) is 6.24. The highest BCUT2D eigenvalue weighted by Crippen LogP contribution is 2.27. The van der Waals surface area contributed by atoms with Crippen LogP contribution in [0.1, 0.15) is 55.4 Å². The van der Waals surface area contributed by atoms with Crippen LogP contribution in [0.25, 0.3) is 0 Å². The van der Waals surface area contributed by atoms with Crippen molar-refractivity contribution < 1.29 is 9.53 Å². The van der Waals surface area contributed by atoms with Crippen molar-refractivity contribution in [2.75, 3.05) is 6.61 Å². The van der Waals surface area contributed by atoms with Gasteiger partial charge < -0.3 is 9.64 Å². The normalized spacial score (nSPS) is 12.4. The average molecular weight is 243 g/mol. The van der Waals surface area contributed by atoms with Crippen LogP contribution in [0.2, 0.25) is 0 Å². The predicted molar refractivity (Wildman–Crippen MR) is 72.1 cm³/mol. The molecule has 0 aliphatic carbocycles. The summed E-state index contributed by atoms with van der Waals surface area (Å²) in [5, 5.41) is 0. The van der Waals surface area contributed by atoms with Gasteiger partial charge >= 0.3 is 6.09 Å². The minimum Gasteiger partial charge on any atom is -0.449 e. The van der Waals surface area contributed by atoms with Crippen molar-refractivity contribution in [2.24, 2.45) is 11.8 Å². The number of carbonyl (C=O) groups excluding carboxylic acids is 1. The first kappa shape index (κ1) is 16.3. The van der Waals surface area contributed by atoms with E-state index in [0.29, 0.717) is 18.4 Å². The van der Waals surface area contributed by atoms with Crippen LogP contribution in [0.4, 0.5) is 4.79 Å². The largest absolute Gasteiger partial charge is 0.449 e. The molecule has 0 N–H and O–H groups in total. The number of hydrogen-bond donors (Lipinski definition) is 0. The maximum Gasteiger partial charge on any atom is 0.410 e. The summed E-state index contributed by atoms with van der Waals surface area (Å²) in [6, 6.07) is 0.145. The Kier molecular flexibility index (Phi) is 6.00. The Morgan fingerprint density at radius 2 is 1.59 bits per heavy atom. The molecule has 0 heterocycles. The summed E-state index contributed by atoms with van der Waals surface area (Å²) >= 11 is 0. The monoisotopic (exact) mass is 243 g/mol. The fourth-order valence-electron chi connectivity index (χ4n) is 1.70. The molecule has 0 saturated heterocycles. The van der Waals surface area contributed by atoms with Crippen LogP contribution >= 0.6 is 0 Å². The summed E-state index contributed by atoms with van der Waals surface area (Å²) in [7, 11) is 0. The minimum absolute atomic E-state index is 0.145. The zero-order chi connectivity index (χ0) is 13.8. The first-order valence-electron chi connectivity index (χ1n) is 6.56. The molecule has 0 unspecified atom stereocenters. The summed E-state index contributed by atoms with van der Waals surface area (Å²) in [6.07, 6.45) is -0.201. The molecule has 0 aromatic carbocycles. The lowest BCUT2D eigenvalue weighted by atomic mass is 9.88. The lowest BCUT2D eigenvalue weighted by Crippen LogP contribution is -2.54. The lowest BCUT2D eigenvalue weighted by molar-refractivity contribution is 0.0216. The van der Waals surface area contributed by atoms with E-state index in [-0.39, 0.29) is 17.7 Å². The van der Waals surface area contributed by atoms with Crippen LogP contribution in [0.5, 0.6) is 0 Å². The molecule has 3 nitrogen and oxygen atoms in total. The van der Waals surface area contributed by atoms with Gasteiger partial charge in [0.2, 0.25) is 0 Å². The number of carbonyl (C=O) groups is 1. The van der Waals surface area contributed by atoms with Gasteiger partial charge in [-0.3, -0.25) is 0 Å². The summed E-state index contributed by atoms with van der Waals surface area (Å²) in [5.74, 6) is 0.756. The SMILES string of the molecule is CC(C)COC(=O)N(C(C)C)C(C)(C)C(C)C. The number of ether oxygens (including phenoxy) is 1. The Labute approximate surface area is 107 Å². The van der Waals surface area contributed by atoms with E-state index in [0.717, 1.165) is 0 Å². The van der Waals surface area contributed by atoms with Crippen LogP contribution in [0, 0.1) is 11.8 Å². The molecule has 0 spiro atoms. The number of amides is 1. The van der Waals surface area contributed by atoms with E-state index >= 15 is 0 Å². The van der Waals surface area contributed by atoms with Gasteiger partial charge in [0.05, 0.1) is 6.61 Å². The van der Waals surface area contributed by atoms with Crippen LogP contribution in [-0.4, -0.2) is 29.2 Å². The molecule has 3 heteroatoms. The van der Waals surface area contributed by atoms with Crippen LogP contribution < -0.4 is 0 Å². The van der Waals surface area contributed by atoms with Crippen molar-refractivity contribution in [2.45, 2.75) is 67.0 Å². The third kappa shape index (κ3) is 4.57. The summed E-state index contributed by atoms with van der Waals surface area (Å²) in [6.45, 7) is 17.1. The van der Waals surface area contributed by atoms with Crippen molar-refractivity contribution in [1.82, 2.24) is 4.90 Å². The van der Waals surface area contributed by atoms with Gasteiger partial charge in [0.15, 0.2) is 0 Å². The third-order valence-corrected chi connectivity index (χ3v) is 3.29. The van der Waals surface area contributed by atoms with Crippen LogP contribution in [0.15, 0.2) is 0 Å². The molecule has 0 saturated carbocycles. The molecule has 0 rings (SSSR count). The maximum atomic E-state index is 12.1. The Bertz CT molecular complexity index is 245. The maximum absolute atomic E-state index is 12.1. The molecule has 0 aromatic heterocycles. The molecule has 0 bridgehead atoms. The molecule has 0 aromatic rings. The second-order valence-electron chi connectivity index (χ2n) is 6.24. The highest BCUT2D eigenvalue weighted by molar-refractivity contribution is 5.69. The third-order valence-electron chi connectivity index (χ3n) is 3.29. The molecule has 17 heavy (non-hydrogen) atoms. The van der Waals surface area contributed by atoms with E-state index < -0.39 is 0 Å². The summed E-state index contributed by atoms with van der Waals surface area (Å²) < 4.78 is 5.35. The van der Waals surface area contributed by atoms with Gasteiger partial charge in [-0.1, -0.05) is 27.7 Å². The Morgan fingerprint density at radius 3 is 1.88 bits per heavy atom. The molecular formula is C14H29NO2. The average Bonchev–Trinajstić information content (AvgIpc) is 2.13. The Morgan fingerprint density at radius 1 is 1.12 bits per heavy atom. The second kappa shape index (κ2) is 6.27. The summed E-state index contributed by atoms with van der Waals surface area (Å²) in [4.78, 5) is 14.0. The molecular weight excluding hydrogens is 214 g/mol. The van der Waals surface area contributed by atoms with E-state index in [4.69, 9.17) is 4.74 Å². The van der Waals surface area contributed by atoms with Crippen molar-refractivity contribution >= 4 is 6.09 Å². The summed E-state index contributed by atoms with van der Waals surface area (Å²) in [5.41, 5.74) is -0.192. The smallest absolute Gasteiger partial charge is 0.410 e. The van der Waals surface area contributed by atoms with Gasteiger partial charge in [-0.05, 0) is 39.5 Å². The zero-order valence-corrected chi connectivity index (χ0v) is 12.7.